The number of hydrogen-bond acceptors (Lipinski definition) is 3. The summed E-state index contributed by atoms with van der Waals surface area (Å²) in [7, 11) is 2.16. The largest absolute Gasteiger partial charge is 0.313 e. The first-order valence-corrected chi connectivity index (χ1v) is 6.93. The topological polar surface area (TPSA) is 15.3 Å². The number of halogens is 1. The molecule has 0 aliphatic carbocycles. The van der Waals surface area contributed by atoms with Crippen LogP contribution in [0.1, 0.15) is 18.7 Å². The summed E-state index contributed by atoms with van der Waals surface area (Å²) in [6.45, 7) is 7.59. The van der Waals surface area contributed by atoms with E-state index in [2.05, 4.69) is 37.2 Å². The van der Waals surface area contributed by atoms with Gasteiger partial charge in [-0.05, 0) is 25.6 Å². The minimum Gasteiger partial charge on any atom is -0.313 e. The van der Waals surface area contributed by atoms with E-state index in [1.54, 1.807) is 11.3 Å². The quantitative estimate of drug-likeness (QED) is 0.811. The van der Waals surface area contributed by atoms with Crippen LogP contribution in [0.5, 0.6) is 0 Å². The molecule has 1 rings (SSSR count). The number of hydrogen-bond donors (Lipinski definition) is 1. The van der Waals surface area contributed by atoms with Gasteiger partial charge in [0.25, 0.3) is 0 Å². The lowest BCUT2D eigenvalue weighted by Gasteiger charge is -2.17. The minimum atomic E-state index is 0.574. The number of rotatable bonds is 7. The summed E-state index contributed by atoms with van der Waals surface area (Å²) in [6.07, 6.45) is 1.09. The van der Waals surface area contributed by atoms with Crippen LogP contribution in [0.25, 0.3) is 0 Å². The van der Waals surface area contributed by atoms with Crippen molar-refractivity contribution in [2.75, 3.05) is 26.7 Å². The third kappa shape index (κ3) is 5.85. The van der Waals surface area contributed by atoms with Gasteiger partial charge in [0.05, 0.1) is 4.34 Å². The molecule has 0 aliphatic heterocycles. The molecular formula is C12H21ClN2S. The lowest BCUT2D eigenvalue weighted by molar-refractivity contribution is 0.331. The van der Waals surface area contributed by atoms with Crippen LogP contribution in [0.15, 0.2) is 12.1 Å². The van der Waals surface area contributed by atoms with Gasteiger partial charge in [-0.2, -0.15) is 0 Å². The molecule has 0 atom stereocenters. The van der Waals surface area contributed by atoms with Crippen molar-refractivity contribution in [3.05, 3.63) is 21.3 Å². The first-order chi connectivity index (χ1) is 7.58. The molecule has 1 aromatic heterocycles. The van der Waals surface area contributed by atoms with Crippen LogP contribution in [0, 0.1) is 0 Å². The summed E-state index contributed by atoms with van der Waals surface area (Å²) in [6, 6.07) is 4.67. The lowest BCUT2D eigenvalue weighted by Crippen LogP contribution is -2.33. The van der Waals surface area contributed by atoms with Crippen LogP contribution < -0.4 is 5.32 Å². The molecule has 0 saturated carbocycles. The van der Waals surface area contributed by atoms with Crippen LogP contribution in [0.4, 0.5) is 0 Å². The van der Waals surface area contributed by atoms with Crippen LogP contribution in [-0.4, -0.2) is 37.6 Å². The minimum absolute atomic E-state index is 0.574. The average molecular weight is 261 g/mol. The van der Waals surface area contributed by atoms with Gasteiger partial charge in [-0.1, -0.05) is 25.4 Å². The highest BCUT2D eigenvalue weighted by Crippen LogP contribution is 2.21. The fraction of sp³-hybridized carbons (Fsp3) is 0.667. The molecular weight excluding hydrogens is 240 g/mol. The first-order valence-electron chi connectivity index (χ1n) is 5.74. The molecule has 16 heavy (non-hydrogen) atoms. The Morgan fingerprint density at radius 1 is 1.38 bits per heavy atom. The van der Waals surface area contributed by atoms with Gasteiger partial charge in [0.1, 0.15) is 0 Å². The van der Waals surface area contributed by atoms with Gasteiger partial charge in [0, 0.05) is 30.6 Å². The molecule has 0 amide bonds. The Labute approximate surface area is 108 Å². The Kier molecular flexibility index (Phi) is 6.36. The summed E-state index contributed by atoms with van der Waals surface area (Å²) in [5.74, 6) is 0. The van der Waals surface area contributed by atoms with Crippen molar-refractivity contribution in [1.29, 1.82) is 0 Å². The Balaban J connectivity index is 2.12. The summed E-state index contributed by atoms with van der Waals surface area (Å²) >= 11 is 7.57. The molecule has 0 unspecified atom stereocenters. The van der Waals surface area contributed by atoms with E-state index in [9.17, 15) is 0 Å². The molecule has 0 aliphatic rings. The van der Waals surface area contributed by atoms with Crippen LogP contribution in [0.2, 0.25) is 4.34 Å². The predicted octanol–water partition coefficient (Wildman–Crippen LogP) is 2.87. The number of nitrogens with zero attached hydrogens (tertiary/aromatic N) is 1. The van der Waals surface area contributed by atoms with E-state index < -0.39 is 0 Å². The second-order valence-corrected chi connectivity index (χ2v) is 6.17. The highest BCUT2D eigenvalue weighted by Gasteiger charge is 2.02. The molecule has 1 aromatic rings. The highest BCUT2D eigenvalue weighted by atomic mass is 35.5. The fourth-order valence-corrected chi connectivity index (χ4v) is 2.52. The van der Waals surface area contributed by atoms with Crippen molar-refractivity contribution < 1.29 is 0 Å². The van der Waals surface area contributed by atoms with Crippen LogP contribution in [-0.2, 0) is 6.42 Å². The smallest absolute Gasteiger partial charge is 0.0931 e. The maximum atomic E-state index is 5.89. The molecule has 92 valence electrons. The van der Waals surface area contributed by atoms with Crippen molar-refractivity contribution in [3.63, 3.8) is 0 Å². The zero-order chi connectivity index (χ0) is 12.0. The standard InChI is InChI=1S/C12H21ClN2S/c1-10(2)14-7-9-15(3)8-6-11-4-5-12(13)16-11/h4-5,10,14H,6-9H2,1-3H3. The molecule has 0 spiro atoms. The molecule has 0 radical (unpaired) electrons. The van der Waals surface area contributed by atoms with Crippen molar-refractivity contribution in [2.24, 2.45) is 0 Å². The van der Waals surface area contributed by atoms with E-state index in [0.29, 0.717) is 6.04 Å². The maximum absolute atomic E-state index is 5.89. The van der Waals surface area contributed by atoms with E-state index in [1.807, 2.05) is 6.07 Å². The Bertz CT molecular complexity index is 299. The Morgan fingerprint density at radius 2 is 2.12 bits per heavy atom. The first kappa shape index (κ1) is 14.0. The van der Waals surface area contributed by atoms with Gasteiger partial charge in [-0.3, -0.25) is 0 Å². The van der Waals surface area contributed by atoms with Gasteiger partial charge in [0.15, 0.2) is 0 Å². The zero-order valence-corrected chi connectivity index (χ0v) is 11.9. The summed E-state index contributed by atoms with van der Waals surface area (Å²) < 4.78 is 0.888. The number of likely N-dealkylation sites (N-methyl/N-ethyl adjacent to an activating group) is 1. The van der Waals surface area contributed by atoms with E-state index in [4.69, 9.17) is 11.6 Å². The average Bonchev–Trinajstić information content (AvgIpc) is 2.61. The highest BCUT2D eigenvalue weighted by molar-refractivity contribution is 7.16. The van der Waals surface area contributed by atoms with Crippen molar-refractivity contribution >= 4 is 22.9 Å². The Morgan fingerprint density at radius 3 is 2.69 bits per heavy atom. The molecule has 0 aromatic carbocycles. The number of thiophene rings is 1. The van der Waals surface area contributed by atoms with Crippen molar-refractivity contribution in [1.82, 2.24) is 10.2 Å². The third-order valence-electron chi connectivity index (χ3n) is 2.41. The molecule has 4 heteroatoms. The van der Waals surface area contributed by atoms with Gasteiger partial charge >= 0.3 is 0 Å². The molecule has 1 heterocycles. The second-order valence-electron chi connectivity index (χ2n) is 4.37. The summed E-state index contributed by atoms with van der Waals surface area (Å²) in [5.41, 5.74) is 0. The van der Waals surface area contributed by atoms with E-state index in [0.717, 1.165) is 30.4 Å². The molecule has 2 nitrogen and oxygen atoms in total. The lowest BCUT2D eigenvalue weighted by atomic mass is 10.3. The van der Waals surface area contributed by atoms with E-state index >= 15 is 0 Å². The SMILES string of the molecule is CC(C)NCCN(C)CCc1ccc(Cl)s1. The predicted molar refractivity (Wildman–Crippen MR) is 73.7 cm³/mol. The monoisotopic (exact) mass is 260 g/mol. The molecule has 1 N–H and O–H groups in total. The van der Waals surface area contributed by atoms with Gasteiger partial charge in [0.2, 0.25) is 0 Å². The Hall–Kier alpha value is -0.0900. The molecule has 0 fully saturated rings. The van der Waals surface area contributed by atoms with E-state index in [-0.39, 0.29) is 0 Å². The van der Waals surface area contributed by atoms with Crippen LogP contribution in [0.3, 0.4) is 0 Å². The van der Waals surface area contributed by atoms with Gasteiger partial charge < -0.3 is 10.2 Å². The summed E-state index contributed by atoms with van der Waals surface area (Å²) in [5, 5.41) is 3.42. The summed E-state index contributed by atoms with van der Waals surface area (Å²) in [4.78, 5) is 3.72. The normalized spacial score (nSPS) is 11.6. The molecule has 0 saturated heterocycles. The van der Waals surface area contributed by atoms with E-state index in [1.165, 1.54) is 4.88 Å². The van der Waals surface area contributed by atoms with Gasteiger partial charge in [-0.15, -0.1) is 11.3 Å². The maximum Gasteiger partial charge on any atom is 0.0931 e. The second kappa shape index (κ2) is 7.28. The number of nitrogens with one attached hydrogen (secondary N) is 1. The zero-order valence-electron chi connectivity index (χ0n) is 10.3. The molecule has 0 bridgehead atoms. The van der Waals surface area contributed by atoms with Crippen LogP contribution >= 0.6 is 22.9 Å². The third-order valence-corrected chi connectivity index (χ3v) is 3.71. The fourth-order valence-electron chi connectivity index (χ4n) is 1.44. The van der Waals surface area contributed by atoms with Crippen molar-refractivity contribution in [2.45, 2.75) is 26.3 Å². The van der Waals surface area contributed by atoms with Gasteiger partial charge in [-0.25, -0.2) is 0 Å². The van der Waals surface area contributed by atoms with Crippen molar-refractivity contribution in [3.8, 4) is 0 Å².